The molecule has 0 atom stereocenters. The van der Waals surface area contributed by atoms with E-state index in [0.717, 1.165) is 55.9 Å². The Balaban J connectivity index is 2.20. The van der Waals surface area contributed by atoms with Gasteiger partial charge in [-0.05, 0) is 26.3 Å². The van der Waals surface area contributed by atoms with E-state index in [1.54, 1.807) is 7.11 Å². The van der Waals surface area contributed by atoms with Gasteiger partial charge in [-0.25, -0.2) is 0 Å². The van der Waals surface area contributed by atoms with Gasteiger partial charge in [-0.3, -0.25) is 4.98 Å². The van der Waals surface area contributed by atoms with Gasteiger partial charge < -0.3 is 15.2 Å². The summed E-state index contributed by atoms with van der Waals surface area (Å²) in [7, 11) is 1.67. The third kappa shape index (κ3) is 5.98. The Labute approximate surface area is 109 Å². The van der Waals surface area contributed by atoms with E-state index in [1.165, 1.54) is 0 Å². The van der Waals surface area contributed by atoms with E-state index in [4.69, 9.17) is 9.84 Å². The molecule has 1 aromatic heterocycles. The molecule has 0 aliphatic carbocycles. The van der Waals surface area contributed by atoms with Crippen molar-refractivity contribution >= 4 is 0 Å². The molecule has 0 saturated heterocycles. The Hall–Kier alpha value is -1.13. The van der Waals surface area contributed by atoms with E-state index in [-0.39, 0.29) is 0 Å². The number of nitrogens with one attached hydrogen (secondary N) is 1. The van der Waals surface area contributed by atoms with Crippen LogP contribution in [0.1, 0.15) is 37.1 Å². The van der Waals surface area contributed by atoms with Crippen LogP contribution in [0.4, 0.5) is 0 Å². The summed E-state index contributed by atoms with van der Waals surface area (Å²) >= 11 is 0. The fraction of sp³-hybridized carbons (Fsp3) is 0.643. The summed E-state index contributed by atoms with van der Waals surface area (Å²) in [5, 5.41) is 12.0. The molecule has 4 heteroatoms. The molecule has 18 heavy (non-hydrogen) atoms. The zero-order valence-electron chi connectivity index (χ0n) is 11.4. The number of hydrogen-bond donors (Lipinski definition) is 2. The standard InChI is InChI=1S/C14H24N2O2/c1-12-9-14(18-2)10-13(16-12)11-15-7-5-3-4-6-8-17/h9-10,15,17H,3-8,11H2,1-2H3. The van der Waals surface area contributed by atoms with Crippen molar-refractivity contribution in [2.24, 2.45) is 0 Å². The van der Waals surface area contributed by atoms with Gasteiger partial charge in [-0.2, -0.15) is 0 Å². The van der Waals surface area contributed by atoms with Crippen molar-refractivity contribution < 1.29 is 9.84 Å². The fourth-order valence-corrected chi connectivity index (χ4v) is 1.84. The summed E-state index contributed by atoms with van der Waals surface area (Å²) in [6.07, 6.45) is 4.33. The molecule has 4 nitrogen and oxygen atoms in total. The maximum Gasteiger partial charge on any atom is 0.122 e. The lowest BCUT2D eigenvalue weighted by Gasteiger charge is -2.07. The summed E-state index contributed by atoms with van der Waals surface area (Å²) < 4.78 is 5.22. The highest BCUT2D eigenvalue weighted by Gasteiger charge is 2.00. The van der Waals surface area contributed by atoms with Crippen LogP contribution in [0.5, 0.6) is 5.75 Å². The molecule has 0 fully saturated rings. The van der Waals surface area contributed by atoms with Gasteiger partial charge in [0, 0.05) is 31.0 Å². The topological polar surface area (TPSA) is 54.4 Å². The van der Waals surface area contributed by atoms with Crippen LogP contribution < -0.4 is 10.1 Å². The molecule has 102 valence electrons. The Morgan fingerprint density at radius 1 is 1.22 bits per heavy atom. The first-order chi connectivity index (χ1) is 8.76. The van der Waals surface area contributed by atoms with Gasteiger partial charge in [0.25, 0.3) is 0 Å². The van der Waals surface area contributed by atoms with E-state index in [2.05, 4.69) is 10.3 Å². The zero-order chi connectivity index (χ0) is 13.2. The first kappa shape index (κ1) is 14.9. The predicted octanol–water partition coefficient (Wildman–Crippen LogP) is 2.04. The number of hydrogen-bond acceptors (Lipinski definition) is 4. The van der Waals surface area contributed by atoms with Gasteiger partial charge in [0.05, 0.1) is 12.8 Å². The smallest absolute Gasteiger partial charge is 0.122 e. The summed E-state index contributed by atoms with van der Waals surface area (Å²) in [6.45, 7) is 4.04. The Morgan fingerprint density at radius 2 is 2.00 bits per heavy atom. The minimum Gasteiger partial charge on any atom is -0.497 e. The number of aromatic nitrogens is 1. The highest BCUT2D eigenvalue weighted by molar-refractivity contribution is 5.26. The average Bonchev–Trinajstić information content (AvgIpc) is 2.37. The Morgan fingerprint density at radius 3 is 2.72 bits per heavy atom. The van der Waals surface area contributed by atoms with Crippen molar-refractivity contribution in [1.82, 2.24) is 10.3 Å². The van der Waals surface area contributed by atoms with E-state index in [9.17, 15) is 0 Å². The molecule has 1 aromatic rings. The number of methoxy groups -OCH3 is 1. The van der Waals surface area contributed by atoms with Crippen LogP contribution in [0.2, 0.25) is 0 Å². The largest absolute Gasteiger partial charge is 0.497 e. The lowest BCUT2D eigenvalue weighted by atomic mass is 10.2. The Bertz CT molecular complexity index is 343. The number of ether oxygens (including phenoxy) is 1. The van der Waals surface area contributed by atoms with Crippen molar-refractivity contribution in [2.75, 3.05) is 20.3 Å². The molecule has 2 N–H and O–H groups in total. The van der Waals surface area contributed by atoms with Crippen LogP contribution in [0.15, 0.2) is 12.1 Å². The molecule has 0 spiro atoms. The molecule has 0 aliphatic heterocycles. The molecule has 0 unspecified atom stereocenters. The number of rotatable bonds is 9. The number of pyridine rings is 1. The summed E-state index contributed by atoms with van der Waals surface area (Å²) in [6, 6.07) is 3.89. The molecule has 0 radical (unpaired) electrons. The maximum absolute atomic E-state index is 8.66. The lowest BCUT2D eigenvalue weighted by molar-refractivity contribution is 0.282. The molecule has 0 bridgehead atoms. The third-order valence-electron chi connectivity index (χ3n) is 2.78. The fourth-order valence-electron chi connectivity index (χ4n) is 1.84. The number of aryl methyl sites for hydroxylation is 1. The number of aliphatic hydroxyl groups excluding tert-OH is 1. The lowest BCUT2D eigenvalue weighted by Crippen LogP contribution is -2.15. The number of unbranched alkanes of at least 4 members (excludes halogenated alkanes) is 3. The van der Waals surface area contributed by atoms with Crippen molar-refractivity contribution in [3.63, 3.8) is 0 Å². The molecule has 0 saturated carbocycles. The molecule has 0 aliphatic rings. The number of aliphatic hydroxyl groups is 1. The van der Waals surface area contributed by atoms with Gasteiger partial charge >= 0.3 is 0 Å². The van der Waals surface area contributed by atoms with Crippen molar-refractivity contribution in [1.29, 1.82) is 0 Å². The molecular formula is C14H24N2O2. The van der Waals surface area contributed by atoms with Gasteiger partial charge in [-0.1, -0.05) is 12.8 Å². The van der Waals surface area contributed by atoms with Gasteiger partial charge in [0.15, 0.2) is 0 Å². The molecule has 0 aromatic carbocycles. The van der Waals surface area contributed by atoms with E-state index in [0.29, 0.717) is 6.61 Å². The highest BCUT2D eigenvalue weighted by atomic mass is 16.5. The highest BCUT2D eigenvalue weighted by Crippen LogP contribution is 2.13. The van der Waals surface area contributed by atoms with E-state index < -0.39 is 0 Å². The zero-order valence-corrected chi connectivity index (χ0v) is 11.4. The third-order valence-corrected chi connectivity index (χ3v) is 2.78. The van der Waals surface area contributed by atoms with E-state index >= 15 is 0 Å². The van der Waals surface area contributed by atoms with Crippen LogP contribution >= 0.6 is 0 Å². The summed E-state index contributed by atoms with van der Waals surface area (Å²) in [5.74, 6) is 0.863. The summed E-state index contributed by atoms with van der Waals surface area (Å²) in [4.78, 5) is 4.45. The van der Waals surface area contributed by atoms with Crippen LogP contribution in [0, 0.1) is 6.92 Å². The minimum atomic E-state index is 0.306. The van der Waals surface area contributed by atoms with Crippen LogP contribution in [-0.4, -0.2) is 30.4 Å². The van der Waals surface area contributed by atoms with Gasteiger partial charge in [0.1, 0.15) is 5.75 Å². The minimum absolute atomic E-state index is 0.306. The SMILES string of the molecule is COc1cc(C)nc(CNCCCCCCO)c1. The first-order valence-electron chi connectivity index (χ1n) is 6.59. The predicted molar refractivity (Wildman–Crippen MR) is 72.8 cm³/mol. The Kier molecular flexibility index (Phi) is 7.37. The maximum atomic E-state index is 8.66. The van der Waals surface area contributed by atoms with Gasteiger partial charge in [-0.15, -0.1) is 0 Å². The van der Waals surface area contributed by atoms with E-state index in [1.807, 2.05) is 19.1 Å². The van der Waals surface area contributed by atoms with Crippen molar-refractivity contribution in [2.45, 2.75) is 39.2 Å². The molecule has 1 rings (SSSR count). The van der Waals surface area contributed by atoms with Crippen LogP contribution in [0.25, 0.3) is 0 Å². The van der Waals surface area contributed by atoms with Crippen molar-refractivity contribution in [3.05, 3.63) is 23.5 Å². The normalized spacial score (nSPS) is 10.6. The molecule has 1 heterocycles. The number of nitrogens with zero attached hydrogens (tertiary/aromatic N) is 1. The quantitative estimate of drug-likeness (QED) is 0.660. The summed E-state index contributed by atoms with van der Waals surface area (Å²) in [5.41, 5.74) is 2.00. The monoisotopic (exact) mass is 252 g/mol. The molecule has 0 amide bonds. The van der Waals surface area contributed by atoms with Crippen LogP contribution in [-0.2, 0) is 6.54 Å². The second-order valence-electron chi connectivity index (χ2n) is 4.45. The van der Waals surface area contributed by atoms with Gasteiger partial charge in [0.2, 0.25) is 0 Å². The molecular weight excluding hydrogens is 228 g/mol. The second-order valence-corrected chi connectivity index (χ2v) is 4.45. The van der Waals surface area contributed by atoms with Crippen molar-refractivity contribution in [3.8, 4) is 5.75 Å². The average molecular weight is 252 g/mol. The second kappa shape index (κ2) is 8.89. The van der Waals surface area contributed by atoms with Crippen LogP contribution in [0.3, 0.4) is 0 Å². The first-order valence-corrected chi connectivity index (χ1v) is 6.59.